The minimum Gasteiger partial charge on any atom is -0.388 e. The van der Waals surface area contributed by atoms with E-state index >= 15 is 0 Å². The van der Waals surface area contributed by atoms with Gasteiger partial charge in [-0.15, -0.1) is 0 Å². The molecule has 0 amide bonds. The van der Waals surface area contributed by atoms with Gasteiger partial charge < -0.3 is 5.11 Å². The molecule has 1 aliphatic carbocycles. The van der Waals surface area contributed by atoms with Crippen LogP contribution in [0, 0.1) is 11.8 Å². The molecule has 3 atom stereocenters. The summed E-state index contributed by atoms with van der Waals surface area (Å²) >= 11 is 5.95. The number of aliphatic hydroxyl groups excluding tert-OH is 1. The minimum absolute atomic E-state index is 0.346. The lowest BCUT2D eigenvalue weighted by atomic mass is 9.78. The van der Waals surface area contributed by atoms with Crippen LogP contribution >= 0.6 is 11.6 Å². The SMILES string of the molecule is CC1CCCC(C(O)c2cccc(Cl)c2)C1. The van der Waals surface area contributed by atoms with Gasteiger partial charge in [-0.25, -0.2) is 0 Å². The third-order valence-corrected chi connectivity index (χ3v) is 3.85. The first-order valence-electron chi connectivity index (χ1n) is 6.10. The number of halogens is 1. The molecule has 1 aliphatic rings. The van der Waals surface area contributed by atoms with E-state index in [1.165, 1.54) is 12.8 Å². The van der Waals surface area contributed by atoms with Crippen LogP contribution in [0.25, 0.3) is 0 Å². The van der Waals surface area contributed by atoms with Crippen LogP contribution in [0.5, 0.6) is 0 Å². The number of hydrogen-bond acceptors (Lipinski definition) is 1. The Morgan fingerprint density at radius 2 is 2.19 bits per heavy atom. The molecule has 1 aromatic rings. The summed E-state index contributed by atoms with van der Waals surface area (Å²) in [7, 11) is 0. The van der Waals surface area contributed by atoms with E-state index in [4.69, 9.17) is 11.6 Å². The van der Waals surface area contributed by atoms with Crippen LogP contribution in [0.4, 0.5) is 0 Å². The number of aliphatic hydroxyl groups is 1. The lowest BCUT2D eigenvalue weighted by molar-refractivity contribution is 0.0714. The molecule has 0 aliphatic heterocycles. The molecule has 0 radical (unpaired) electrons. The molecule has 2 rings (SSSR count). The second kappa shape index (κ2) is 5.20. The summed E-state index contributed by atoms with van der Waals surface area (Å²) in [5, 5.41) is 11.0. The molecule has 2 heteroatoms. The molecule has 0 saturated heterocycles. The maximum atomic E-state index is 10.3. The van der Waals surface area contributed by atoms with Gasteiger partial charge in [-0.2, -0.15) is 0 Å². The smallest absolute Gasteiger partial charge is 0.0818 e. The van der Waals surface area contributed by atoms with Gasteiger partial charge in [0.15, 0.2) is 0 Å². The van der Waals surface area contributed by atoms with Gasteiger partial charge in [0.05, 0.1) is 6.10 Å². The van der Waals surface area contributed by atoms with Gasteiger partial charge in [-0.3, -0.25) is 0 Å². The zero-order valence-corrected chi connectivity index (χ0v) is 10.5. The standard InChI is InChI=1S/C14H19ClO/c1-10-4-2-5-11(8-10)14(16)12-6-3-7-13(15)9-12/h3,6-7,9-11,14,16H,2,4-5,8H2,1H3. The Balaban J connectivity index is 2.09. The molecule has 1 fully saturated rings. The maximum Gasteiger partial charge on any atom is 0.0818 e. The number of rotatable bonds is 2. The molecule has 0 spiro atoms. The topological polar surface area (TPSA) is 20.2 Å². The molecule has 16 heavy (non-hydrogen) atoms. The van der Waals surface area contributed by atoms with Crippen molar-refractivity contribution >= 4 is 11.6 Å². The molecule has 0 bridgehead atoms. The van der Waals surface area contributed by atoms with Crippen molar-refractivity contribution in [1.29, 1.82) is 0 Å². The first kappa shape index (κ1) is 11.9. The molecule has 88 valence electrons. The van der Waals surface area contributed by atoms with Crippen LogP contribution in [0.15, 0.2) is 24.3 Å². The van der Waals surface area contributed by atoms with Gasteiger partial charge in [0.1, 0.15) is 0 Å². The Morgan fingerprint density at radius 1 is 1.38 bits per heavy atom. The fraction of sp³-hybridized carbons (Fsp3) is 0.571. The third kappa shape index (κ3) is 2.78. The lowest BCUT2D eigenvalue weighted by Gasteiger charge is -2.30. The Bertz CT molecular complexity index is 350. The van der Waals surface area contributed by atoms with Crippen LogP contribution in [0.1, 0.15) is 44.3 Å². The average Bonchev–Trinajstić information content (AvgIpc) is 2.28. The quantitative estimate of drug-likeness (QED) is 0.819. The summed E-state index contributed by atoms with van der Waals surface area (Å²) in [6.45, 7) is 2.27. The molecular weight excluding hydrogens is 220 g/mol. The molecule has 1 N–H and O–H groups in total. The highest BCUT2D eigenvalue weighted by molar-refractivity contribution is 6.30. The molecular formula is C14H19ClO. The van der Waals surface area contributed by atoms with Crippen molar-refractivity contribution in [3.63, 3.8) is 0 Å². The summed E-state index contributed by atoms with van der Waals surface area (Å²) in [4.78, 5) is 0. The second-order valence-corrected chi connectivity index (χ2v) is 5.47. The van der Waals surface area contributed by atoms with E-state index in [0.29, 0.717) is 10.9 Å². The maximum absolute atomic E-state index is 10.3. The van der Waals surface area contributed by atoms with Crippen molar-refractivity contribution in [2.45, 2.75) is 38.7 Å². The van der Waals surface area contributed by atoms with E-state index in [-0.39, 0.29) is 6.10 Å². The Morgan fingerprint density at radius 3 is 2.88 bits per heavy atom. The fourth-order valence-corrected chi connectivity index (χ4v) is 2.93. The summed E-state index contributed by atoms with van der Waals surface area (Å²) in [6, 6.07) is 7.61. The Labute approximate surface area is 102 Å². The highest BCUT2D eigenvalue weighted by atomic mass is 35.5. The molecule has 1 aromatic carbocycles. The Hall–Kier alpha value is -0.530. The van der Waals surface area contributed by atoms with Crippen LogP contribution in [0.3, 0.4) is 0 Å². The van der Waals surface area contributed by atoms with E-state index < -0.39 is 0 Å². The predicted molar refractivity (Wildman–Crippen MR) is 67.5 cm³/mol. The molecule has 0 aromatic heterocycles. The van der Waals surface area contributed by atoms with Gasteiger partial charge >= 0.3 is 0 Å². The van der Waals surface area contributed by atoms with Gasteiger partial charge in [-0.1, -0.05) is 43.5 Å². The third-order valence-electron chi connectivity index (χ3n) is 3.61. The number of hydrogen-bond donors (Lipinski definition) is 1. The van der Waals surface area contributed by atoms with Gasteiger partial charge in [-0.05, 0) is 42.4 Å². The average molecular weight is 239 g/mol. The van der Waals surface area contributed by atoms with Crippen LogP contribution < -0.4 is 0 Å². The predicted octanol–water partition coefficient (Wildman–Crippen LogP) is 4.20. The van der Waals surface area contributed by atoms with Gasteiger partial charge in [0.2, 0.25) is 0 Å². The monoisotopic (exact) mass is 238 g/mol. The lowest BCUT2D eigenvalue weighted by Crippen LogP contribution is -2.20. The van der Waals surface area contributed by atoms with Crippen molar-refractivity contribution in [3.8, 4) is 0 Å². The van der Waals surface area contributed by atoms with Crippen LogP contribution in [0.2, 0.25) is 5.02 Å². The van der Waals surface area contributed by atoms with E-state index in [1.807, 2.05) is 24.3 Å². The summed E-state index contributed by atoms with van der Waals surface area (Å²) in [5.41, 5.74) is 0.964. The van der Waals surface area contributed by atoms with E-state index in [2.05, 4.69) is 6.92 Å². The first-order valence-corrected chi connectivity index (χ1v) is 6.48. The zero-order chi connectivity index (χ0) is 11.5. The molecule has 0 heterocycles. The van der Waals surface area contributed by atoms with Gasteiger partial charge in [0.25, 0.3) is 0 Å². The highest BCUT2D eigenvalue weighted by Crippen LogP contribution is 2.37. The normalized spacial score (nSPS) is 27.7. The molecule has 1 saturated carbocycles. The zero-order valence-electron chi connectivity index (χ0n) is 9.70. The van der Waals surface area contributed by atoms with Crippen LogP contribution in [-0.2, 0) is 0 Å². The first-order chi connectivity index (χ1) is 7.66. The Kier molecular flexibility index (Phi) is 3.88. The summed E-state index contributed by atoms with van der Waals surface area (Å²) < 4.78 is 0. The number of benzene rings is 1. The molecule has 3 unspecified atom stereocenters. The van der Waals surface area contributed by atoms with Crippen LogP contribution in [-0.4, -0.2) is 5.11 Å². The van der Waals surface area contributed by atoms with Gasteiger partial charge in [0, 0.05) is 5.02 Å². The van der Waals surface area contributed by atoms with Crippen molar-refractivity contribution in [2.24, 2.45) is 11.8 Å². The molecule has 1 nitrogen and oxygen atoms in total. The van der Waals surface area contributed by atoms with E-state index in [0.717, 1.165) is 24.3 Å². The summed E-state index contributed by atoms with van der Waals surface area (Å²) in [6.07, 6.45) is 4.47. The second-order valence-electron chi connectivity index (χ2n) is 5.03. The highest BCUT2D eigenvalue weighted by Gasteiger charge is 2.26. The van der Waals surface area contributed by atoms with E-state index in [9.17, 15) is 5.11 Å². The van der Waals surface area contributed by atoms with Crippen molar-refractivity contribution in [2.75, 3.05) is 0 Å². The van der Waals surface area contributed by atoms with Crippen molar-refractivity contribution in [3.05, 3.63) is 34.9 Å². The van der Waals surface area contributed by atoms with Crippen molar-refractivity contribution in [1.82, 2.24) is 0 Å². The largest absolute Gasteiger partial charge is 0.388 e. The van der Waals surface area contributed by atoms with E-state index in [1.54, 1.807) is 0 Å². The summed E-state index contributed by atoms with van der Waals surface area (Å²) in [5.74, 6) is 1.15. The van der Waals surface area contributed by atoms with Crippen molar-refractivity contribution < 1.29 is 5.11 Å². The fourth-order valence-electron chi connectivity index (χ4n) is 2.73. The minimum atomic E-state index is -0.346.